The van der Waals surface area contributed by atoms with Crippen molar-refractivity contribution in [3.63, 3.8) is 0 Å². The molecule has 0 aromatic carbocycles. The first-order valence-electron chi connectivity index (χ1n) is 2.62. The van der Waals surface area contributed by atoms with E-state index >= 15 is 0 Å². The van der Waals surface area contributed by atoms with Crippen molar-refractivity contribution in [2.45, 2.75) is 27.2 Å². The maximum atomic E-state index is 9.90. The monoisotopic (exact) mass is 115 g/mol. The normalized spacial score (nSPS) is 11.4. The van der Waals surface area contributed by atoms with Gasteiger partial charge in [-0.2, -0.15) is 0 Å². The van der Waals surface area contributed by atoms with Crippen LogP contribution in [0.25, 0.3) is 0 Å². The highest BCUT2D eigenvalue weighted by atomic mass is 16.4. The molecular formula is C6H11O2. The first-order valence-corrected chi connectivity index (χ1v) is 2.62. The lowest BCUT2D eigenvalue weighted by atomic mass is 9.93. The molecule has 0 aromatic heterocycles. The lowest BCUT2D eigenvalue weighted by molar-refractivity contribution is -0.145. The van der Waals surface area contributed by atoms with Crippen molar-refractivity contribution in [2.24, 2.45) is 5.41 Å². The van der Waals surface area contributed by atoms with Crippen molar-refractivity contribution < 1.29 is 9.90 Å². The first-order chi connectivity index (χ1) is 3.42. The molecule has 2 nitrogen and oxygen atoms in total. The highest BCUT2D eigenvalue weighted by molar-refractivity contribution is 5.66. The molecule has 0 aromatic rings. The molecule has 0 saturated carbocycles. The Balaban J connectivity index is 3.55. The van der Waals surface area contributed by atoms with Crippen LogP contribution >= 0.6 is 0 Å². The van der Waals surface area contributed by atoms with Crippen molar-refractivity contribution >= 4 is 5.97 Å². The Morgan fingerprint density at radius 3 is 1.75 bits per heavy atom. The summed E-state index contributed by atoms with van der Waals surface area (Å²) < 4.78 is 0. The average Bonchev–Trinajstić information content (AvgIpc) is 1.21. The molecule has 0 fully saturated rings. The van der Waals surface area contributed by atoms with Crippen LogP contribution in [-0.2, 0) is 9.90 Å². The summed E-state index contributed by atoms with van der Waals surface area (Å²) in [6.45, 7) is 5.59. The molecule has 0 heterocycles. The minimum Gasteiger partial charge on any atom is -0.247 e. The minimum atomic E-state index is -0.975. The van der Waals surface area contributed by atoms with Crippen LogP contribution in [-0.4, -0.2) is 5.97 Å². The zero-order valence-corrected chi connectivity index (χ0v) is 5.52. The van der Waals surface area contributed by atoms with Gasteiger partial charge >= 0.3 is 5.97 Å². The van der Waals surface area contributed by atoms with E-state index in [1.807, 2.05) is 20.8 Å². The Morgan fingerprint density at radius 1 is 1.38 bits per heavy atom. The molecule has 0 saturated heterocycles. The number of rotatable bonds is 1. The van der Waals surface area contributed by atoms with Crippen molar-refractivity contribution in [3.05, 3.63) is 0 Å². The summed E-state index contributed by atoms with van der Waals surface area (Å²) in [6, 6.07) is 0. The smallest absolute Gasteiger partial charge is 0.247 e. The number of hydrogen-bond acceptors (Lipinski definition) is 1. The predicted molar refractivity (Wildman–Crippen MR) is 29.8 cm³/mol. The van der Waals surface area contributed by atoms with Crippen LogP contribution in [0.2, 0.25) is 0 Å². The third-order valence-electron chi connectivity index (χ3n) is 0.675. The highest BCUT2D eigenvalue weighted by Crippen LogP contribution is 2.17. The van der Waals surface area contributed by atoms with Crippen LogP contribution in [0.1, 0.15) is 27.2 Å². The largest absolute Gasteiger partial charge is 0.356 e. The van der Waals surface area contributed by atoms with Gasteiger partial charge in [0, 0.05) is 0 Å². The molecule has 0 rings (SSSR count). The van der Waals surface area contributed by atoms with Gasteiger partial charge in [0.25, 0.3) is 0 Å². The molecular weight excluding hydrogens is 104 g/mol. The van der Waals surface area contributed by atoms with Crippen LogP contribution < -0.4 is 0 Å². The molecule has 0 aliphatic rings. The van der Waals surface area contributed by atoms with Crippen LogP contribution in [0.3, 0.4) is 0 Å². The lowest BCUT2D eigenvalue weighted by Crippen LogP contribution is -2.10. The van der Waals surface area contributed by atoms with Crippen molar-refractivity contribution in [1.29, 1.82) is 0 Å². The molecule has 0 atom stereocenters. The molecule has 47 valence electrons. The molecule has 0 N–H and O–H groups in total. The Kier molecular flexibility index (Phi) is 2.02. The standard InChI is InChI=1S/C6H11O2/c1-6(2,3)4-5(7)8/h4H2,1-3H3. The Labute approximate surface area is 49.5 Å². The summed E-state index contributed by atoms with van der Waals surface area (Å²) in [6.07, 6.45) is 0.132. The third kappa shape index (κ3) is 5.47. The SMILES string of the molecule is CC(C)(C)CC([O])=O. The van der Waals surface area contributed by atoms with E-state index in [4.69, 9.17) is 0 Å². The van der Waals surface area contributed by atoms with Crippen LogP contribution in [0.15, 0.2) is 0 Å². The van der Waals surface area contributed by atoms with Gasteiger partial charge in [-0.3, -0.25) is 0 Å². The lowest BCUT2D eigenvalue weighted by Gasteiger charge is -2.12. The zero-order valence-electron chi connectivity index (χ0n) is 5.52. The number of carbonyl (C=O) groups excluding carboxylic acids is 1. The first kappa shape index (κ1) is 7.47. The fourth-order valence-corrected chi connectivity index (χ4v) is 0.433. The van der Waals surface area contributed by atoms with Crippen LogP contribution in [0, 0.1) is 5.41 Å². The van der Waals surface area contributed by atoms with Gasteiger partial charge in [0.1, 0.15) is 0 Å². The van der Waals surface area contributed by atoms with E-state index in [9.17, 15) is 9.90 Å². The maximum Gasteiger partial charge on any atom is 0.356 e. The summed E-state index contributed by atoms with van der Waals surface area (Å²) in [4.78, 5) is 9.90. The van der Waals surface area contributed by atoms with E-state index in [0.29, 0.717) is 0 Å². The molecule has 8 heavy (non-hydrogen) atoms. The molecule has 2 heteroatoms. The van der Waals surface area contributed by atoms with E-state index in [1.54, 1.807) is 0 Å². The topological polar surface area (TPSA) is 37.0 Å². The molecule has 0 bridgehead atoms. The molecule has 0 amide bonds. The van der Waals surface area contributed by atoms with Gasteiger partial charge in [0.2, 0.25) is 0 Å². The second-order valence-corrected chi connectivity index (χ2v) is 3.11. The second kappa shape index (κ2) is 2.16. The second-order valence-electron chi connectivity index (χ2n) is 3.11. The Hall–Kier alpha value is -0.530. The van der Waals surface area contributed by atoms with E-state index in [-0.39, 0.29) is 11.8 Å². The van der Waals surface area contributed by atoms with Gasteiger partial charge < -0.3 is 0 Å². The molecule has 1 radical (unpaired) electrons. The van der Waals surface area contributed by atoms with E-state index in [1.165, 1.54) is 0 Å². The molecule has 0 aliphatic carbocycles. The zero-order chi connectivity index (χ0) is 6.78. The van der Waals surface area contributed by atoms with Gasteiger partial charge in [-0.1, -0.05) is 20.8 Å². The predicted octanol–water partition coefficient (Wildman–Crippen LogP) is 1.38. The average molecular weight is 115 g/mol. The van der Waals surface area contributed by atoms with E-state index in [2.05, 4.69) is 0 Å². The van der Waals surface area contributed by atoms with Crippen LogP contribution in [0.5, 0.6) is 0 Å². The maximum absolute atomic E-state index is 9.90. The minimum absolute atomic E-state index is 0.132. The summed E-state index contributed by atoms with van der Waals surface area (Å²) in [5, 5.41) is 9.90. The summed E-state index contributed by atoms with van der Waals surface area (Å²) in [5.74, 6) is -0.975. The van der Waals surface area contributed by atoms with Gasteiger partial charge in [0.05, 0.1) is 6.42 Å². The number of carbonyl (C=O) groups is 1. The summed E-state index contributed by atoms with van der Waals surface area (Å²) in [5.41, 5.74) is -0.140. The Bertz CT molecular complexity index is 89.2. The quantitative estimate of drug-likeness (QED) is 0.508. The third-order valence-corrected chi connectivity index (χ3v) is 0.675. The molecule has 0 spiro atoms. The molecule has 0 aliphatic heterocycles. The Morgan fingerprint density at radius 2 is 1.75 bits per heavy atom. The van der Waals surface area contributed by atoms with Crippen molar-refractivity contribution in [2.75, 3.05) is 0 Å². The molecule has 0 unspecified atom stereocenters. The fourth-order valence-electron chi connectivity index (χ4n) is 0.433. The van der Waals surface area contributed by atoms with Crippen molar-refractivity contribution in [1.82, 2.24) is 0 Å². The van der Waals surface area contributed by atoms with Gasteiger partial charge in [-0.05, 0) is 5.41 Å². The van der Waals surface area contributed by atoms with Crippen LogP contribution in [0.4, 0.5) is 0 Å². The van der Waals surface area contributed by atoms with Gasteiger partial charge in [0.15, 0.2) is 0 Å². The fraction of sp³-hybridized carbons (Fsp3) is 0.833. The van der Waals surface area contributed by atoms with Crippen molar-refractivity contribution in [3.8, 4) is 0 Å². The summed E-state index contributed by atoms with van der Waals surface area (Å²) >= 11 is 0. The van der Waals surface area contributed by atoms with Gasteiger partial charge in [-0.25, -0.2) is 9.90 Å². The highest BCUT2D eigenvalue weighted by Gasteiger charge is 2.15. The van der Waals surface area contributed by atoms with E-state index in [0.717, 1.165) is 0 Å². The van der Waals surface area contributed by atoms with Gasteiger partial charge in [-0.15, -0.1) is 0 Å². The number of hydrogen-bond donors (Lipinski definition) is 0. The van der Waals surface area contributed by atoms with E-state index < -0.39 is 5.97 Å². The summed E-state index contributed by atoms with van der Waals surface area (Å²) in [7, 11) is 0.